The van der Waals surface area contributed by atoms with Crippen LogP contribution in [0.5, 0.6) is 0 Å². The lowest BCUT2D eigenvalue weighted by atomic mass is 10.2. The number of aromatic nitrogens is 4. The van der Waals surface area contributed by atoms with Crippen LogP contribution in [-0.2, 0) is 0 Å². The highest BCUT2D eigenvalue weighted by Gasteiger charge is 2.16. The van der Waals surface area contributed by atoms with Crippen LogP contribution in [0, 0.1) is 0 Å². The minimum absolute atomic E-state index is 0.472. The van der Waals surface area contributed by atoms with E-state index in [0.29, 0.717) is 21.7 Å². The van der Waals surface area contributed by atoms with Gasteiger partial charge in [0.2, 0.25) is 5.88 Å². The number of nitrogens with two attached hydrogens (primary N) is 1. The van der Waals surface area contributed by atoms with Crippen molar-refractivity contribution < 1.29 is 4.42 Å². The monoisotopic (exact) mass is 538 g/mol. The molecular weight excluding hydrogens is 519 g/mol. The van der Waals surface area contributed by atoms with Crippen LogP contribution in [0.1, 0.15) is 0 Å². The zero-order valence-electron chi connectivity index (χ0n) is 19.8. The van der Waals surface area contributed by atoms with Crippen molar-refractivity contribution in [2.45, 2.75) is 0 Å². The van der Waals surface area contributed by atoms with E-state index in [-0.39, 0.29) is 0 Å². The molecule has 4 heterocycles. The predicted molar refractivity (Wildman–Crippen MR) is 155 cm³/mol. The summed E-state index contributed by atoms with van der Waals surface area (Å²) in [7, 11) is 0. The number of furan rings is 1. The summed E-state index contributed by atoms with van der Waals surface area (Å²) in [6.45, 7) is 0. The van der Waals surface area contributed by atoms with Crippen LogP contribution in [-0.4, -0.2) is 19.5 Å². The quantitative estimate of drug-likeness (QED) is 0.236. The number of nitrogens with one attached hydrogen (secondary N) is 1. The van der Waals surface area contributed by atoms with E-state index in [1.165, 1.54) is 0 Å². The highest BCUT2D eigenvalue weighted by Crippen LogP contribution is 2.33. The molecule has 7 rings (SSSR count). The Balaban J connectivity index is 0.000000200. The van der Waals surface area contributed by atoms with Gasteiger partial charge in [-0.1, -0.05) is 59.6 Å². The van der Waals surface area contributed by atoms with Gasteiger partial charge in [0.15, 0.2) is 5.82 Å². The molecule has 38 heavy (non-hydrogen) atoms. The maximum absolute atomic E-state index is 6.14. The van der Waals surface area contributed by atoms with Gasteiger partial charge in [-0.25, -0.2) is 9.97 Å². The number of benzene rings is 3. The first-order valence-electron chi connectivity index (χ1n) is 11.7. The minimum Gasteiger partial charge on any atom is -0.448 e. The van der Waals surface area contributed by atoms with Crippen molar-refractivity contribution in [2.75, 3.05) is 11.1 Å². The van der Waals surface area contributed by atoms with E-state index in [1.54, 1.807) is 30.9 Å². The summed E-state index contributed by atoms with van der Waals surface area (Å²) in [5, 5.41) is 6.29. The second-order valence-electron chi connectivity index (χ2n) is 8.41. The Morgan fingerprint density at radius 3 is 2.34 bits per heavy atom. The van der Waals surface area contributed by atoms with Crippen molar-refractivity contribution in [1.82, 2.24) is 19.5 Å². The Bertz CT molecular complexity index is 1890. The largest absolute Gasteiger partial charge is 0.448 e. The van der Waals surface area contributed by atoms with Gasteiger partial charge in [0.25, 0.3) is 0 Å². The van der Waals surface area contributed by atoms with Crippen molar-refractivity contribution in [3.8, 4) is 5.88 Å². The summed E-state index contributed by atoms with van der Waals surface area (Å²) < 4.78 is 7.49. The van der Waals surface area contributed by atoms with Gasteiger partial charge >= 0.3 is 0 Å². The molecule has 3 N–H and O–H groups in total. The average Bonchev–Trinajstić information content (AvgIpc) is 3.62. The summed E-state index contributed by atoms with van der Waals surface area (Å²) in [5.74, 6) is 1.32. The van der Waals surface area contributed by atoms with Crippen LogP contribution in [0.3, 0.4) is 0 Å². The number of imidazole rings is 1. The fourth-order valence-electron chi connectivity index (χ4n) is 4.21. The SMILES string of the molecule is Clc1ccc(Nc2nc3ccccc3c3c2ncn3-c2ccco2)cc1Cl.Nc1ccnc2ccccc12. The molecule has 9 heteroatoms. The third kappa shape index (κ3) is 4.49. The molecule has 7 nitrogen and oxygen atoms in total. The number of rotatable bonds is 3. The molecule has 0 atom stereocenters. The molecule has 0 aliphatic carbocycles. The summed E-state index contributed by atoms with van der Waals surface area (Å²) in [6, 6.07) is 26.7. The van der Waals surface area contributed by atoms with Gasteiger partial charge in [-0.2, -0.15) is 0 Å². The number of hydrogen-bond donors (Lipinski definition) is 2. The van der Waals surface area contributed by atoms with Crippen molar-refractivity contribution in [3.05, 3.63) is 114 Å². The van der Waals surface area contributed by atoms with Crippen LogP contribution >= 0.6 is 23.2 Å². The van der Waals surface area contributed by atoms with Gasteiger partial charge < -0.3 is 15.5 Å². The standard InChI is InChI=1S/C20H12Cl2N4O.C9H8N2/c21-14-8-7-12(10-15(14)22)24-20-18-19(13-4-1-2-5-16(13)25-20)26(11-23-18)17-6-3-9-27-17;10-8-5-6-11-9-4-2-1-3-7(8)9/h1-11H,(H,24,25);1-6H,(H2,10,11). The molecule has 7 aromatic rings. The van der Waals surface area contributed by atoms with Crippen LogP contribution in [0.2, 0.25) is 10.0 Å². The van der Waals surface area contributed by atoms with Crippen molar-refractivity contribution in [3.63, 3.8) is 0 Å². The van der Waals surface area contributed by atoms with E-state index in [4.69, 9.17) is 38.3 Å². The van der Waals surface area contributed by atoms with Crippen LogP contribution in [0.15, 0.2) is 108 Å². The fraction of sp³-hybridized carbons (Fsp3) is 0. The number of anilines is 3. The molecule has 0 spiro atoms. The average molecular weight is 539 g/mol. The van der Waals surface area contributed by atoms with Gasteiger partial charge in [0, 0.05) is 34.4 Å². The lowest BCUT2D eigenvalue weighted by molar-refractivity contribution is 0.542. The Kier molecular flexibility index (Phi) is 6.29. The summed E-state index contributed by atoms with van der Waals surface area (Å²) >= 11 is 12.2. The number of nitrogen functional groups attached to an aromatic ring is 1. The molecule has 0 unspecified atom stereocenters. The first-order chi connectivity index (χ1) is 18.6. The van der Waals surface area contributed by atoms with E-state index < -0.39 is 0 Å². The summed E-state index contributed by atoms with van der Waals surface area (Å²) in [5.41, 5.74) is 10.7. The van der Waals surface area contributed by atoms with E-state index in [2.05, 4.69) is 15.3 Å². The number of fused-ring (bicyclic) bond motifs is 4. The lowest BCUT2D eigenvalue weighted by Gasteiger charge is -2.10. The second kappa shape index (κ2) is 10.0. The van der Waals surface area contributed by atoms with Crippen LogP contribution in [0.25, 0.3) is 38.7 Å². The Hall–Kier alpha value is -4.59. The molecule has 0 radical (unpaired) electrons. The van der Waals surface area contributed by atoms with Gasteiger partial charge in [-0.3, -0.25) is 9.55 Å². The molecule has 0 amide bonds. The second-order valence-corrected chi connectivity index (χ2v) is 9.23. The van der Waals surface area contributed by atoms with Crippen molar-refractivity contribution in [1.29, 1.82) is 0 Å². The highest BCUT2D eigenvalue weighted by molar-refractivity contribution is 6.42. The maximum atomic E-state index is 6.14. The predicted octanol–water partition coefficient (Wildman–Crippen LogP) is 8.03. The van der Waals surface area contributed by atoms with Gasteiger partial charge in [-0.15, -0.1) is 0 Å². The zero-order valence-corrected chi connectivity index (χ0v) is 21.4. The highest BCUT2D eigenvalue weighted by atomic mass is 35.5. The van der Waals surface area contributed by atoms with E-state index in [0.717, 1.165) is 44.2 Å². The normalized spacial score (nSPS) is 11.0. The smallest absolute Gasteiger partial charge is 0.205 e. The topological polar surface area (TPSA) is 94.8 Å². The number of para-hydroxylation sites is 2. The number of halogens is 2. The minimum atomic E-state index is 0.472. The first kappa shape index (κ1) is 23.8. The Morgan fingerprint density at radius 1 is 0.789 bits per heavy atom. The Morgan fingerprint density at radius 2 is 1.58 bits per heavy atom. The number of hydrogen-bond acceptors (Lipinski definition) is 6. The van der Waals surface area contributed by atoms with Gasteiger partial charge in [0.1, 0.15) is 11.8 Å². The molecule has 0 fully saturated rings. The fourth-order valence-corrected chi connectivity index (χ4v) is 4.51. The summed E-state index contributed by atoms with van der Waals surface area (Å²) in [6.07, 6.45) is 5.09. The first-order valence-corrected chi connectivity index (χ1v) is 12.4. The third-order valence-corrected chi connectivity index (χ3v) is 6.73. The zero-order chi connectivity index (χ0) is 26.1. The van der Waals surface area contributed by atoms with E-state index in [9.17, 15) is 0 Å². The van der Waals surface area contributed by atoms with Crippen molar-refractivity contribution in [2.24, 2.45) is 0 Å². The van der Waals surface area contributed by atoms with Gasteiger partial charge in [0.05, 0.1) is 32.9 Å². The summed E-state index contributed by atoms with van der Waals surface area (Å²) in [4.78, 5) is 13.5. The third-order valence-electron chi connectivity index (χ3n) is 5.99. The van der Waals surface area contributed by atoms with Crippen molar-refractivity contribution >= 4 is 73.2 Å². The lowest BCUT2D eigenvalue weighted by Crippen LogP contribution is -1.97. The Labute approximate surface area is 227 Å². The van der Waals surface area contributed by atoms with Crippen LogP contribution in [0.4, 0.5) is 17.2 Å². The molecular formula is C29H20Cl2N6O. The number of nitrogens with zero attached hydrogens (tertiary/aromatic N) is 4. The number of pyridine rings is 2. The molecule has 0 aliphatic rings. The molecule has 0 bridgehead atoms. The molecule has 4 aromatic heterocycles. The van der Waals surface area contributed by atoms with Crippen LogP contribution < -0.4 is 11.1 Å². The van der Waals surface area contributed by atoms with Gasteiger partial charge in [-0.05, 0) is 42.5 Å². The molecule has 0 saturated carbocycles. The molecule has 186 valence electrons. The van der Waals surface area contributed by atoms with E-state index >= 15 is 0 Å². The molecule has 0 saturated heterocycles. The molecule has 0 aliphatic heterocycles. The maximum Gasteiger partial charge on any atom is 0.205 e. The van der Waals surface area contributed by atoms with E-state index in [1.807, 2.05) is 77.4 Å². The molecule has 3 aromatic carbocycles.